The van der Waals surface area contributed by atoms with Gasteiger partial charge in [0.2, 0.25) is 0 Å². The molecule has 0 saturated heterocycles. The Balaban J connectivity index is 1.69. The molecule has 1 fully saturated rings. The van der Waals surface area contributed by atoms with Crippen molar-refractivity contribution in [2.45, 2.75) is 18.3 Å². The highest BCUT2D eigenvalue weighted by Crippen LogP contribution is 2.48. The summed E-state index contributed by atoms with van der Waals surface area (Å²) in [5, 5.41) is 15.6. The molecule has 5 aromatic rings. The van der Waals surface area contributed by atoms with E-state index in [-0.39, 0.29) is 22.4 Å². The Morgan fingerprint density at radius 2 is 1.86 bits per heavy atom. The van der Waals surface area contributed by atoms with Gasteiger partial charge in [-0.1, -0.05) is 24.3 Å². The van der Waals surface area contributed by atoms with Gasteiger partial charge in [-0.2, -0.15) is 10.4 Å². The van der Waals surface area contributed by atoms with Crippen LogP contribution in [-0.2, 0) is 19.5 Å². The molecule has 4 heterocycles. The molecule has 184 valence electrons. The number of hydrogen-bond donors (Lipinski definition) is 1. The first-order chi connectivity index (χ1) is 17.7. The zero-order valence-electron chi connectivity index (χ0n) is 21.0. The Morgan fingerprint density at radius 3 is 2.46 bits per heavy atom. The van der Waals surface area contributed by atoms with Gasteiger partial charge in [-0.15, -0.1) is 0 Å². The molecule has 9 heteroatoms. The molecule has 1 aliphatic carbocycles. The number of fused-ring (bicyclic) bond motifs is 3. The smallest absolute Gasteiger partial charge is 0.263 e. The number of nitrogens with zero attached hydrogens (tertiary/aromatic N) is 6. The SMILES string of the molecule is CN(C)C(=O)c1cc2c3c(-c4ccc(C5(C#N)CC5)cc4)c(-c4cnn(C)c4)[nH]c3ncc2n(C)c1=O. The zero-order chi connectivity index (χ0) is 26.1. The molecule has 0 bridgehead atoms. The van der Waals surface area contributed by atoms with Gasteiger partial charge in [0.1, 0.15) is 11.2 Å². The Hall–Kier alpha value is -4.71. The van der Waals surface area contributed by atoms with Crippen molar-refractivity contribution >= 4 is 27.8 Å². The van der Waals surface area contributed by atoms with Crippen LogP contribution in [0.15, 0.2) is 53.7 Å². The third-order valence-electron chi connectivity index (χ3n) is 7.35. The third kappa shape index (κ3) is 3.37. The second-order valence-electron chi connectivity index (χ2n) is 9.95. The molecule has 0 radical (unpaired) electrons. The van der Waals surface area contributed by atoms with Crippen LogP contribution in [-0.4, -0.2) is 49.2 Å². The summed E-state index contributed by atoms with van der Waals surface area (Å²) < 4.78 is 3.21. The molecule has 4 aromatic heterocycles. The first-order valence-electron chi connectivity index (χ1n) is 12.0. The molecule has 0 spiro atoms. The molecular formula is C28H25N7O2. The van der Waals surface area contributed by atoms with E-state index < -0.39 is 0 Å². The van der Waals surface area contributed by atoms with Crippen molar-refractivity contribution in [1.29, 1.82) is 5.26 Å². The Labute approximate surface area is 212 Å². The second-order valence-corrected chi connectivity index (χ2v) is 9.95. The van der Waals surface area contributed by atoms with Crippen LogP contribution < -0.4 is 5.56 Å². The number of hydrogen-bond acceptors (Lipinski definition) is 5. The van der Waals surface area contributed by atoms with E-state index in [0.29, 0.717) is 11.2 Å². The minimum atomic E-state index is -0.376. The van der Waals surface area contributed by atoms with Gasteiger partial charge in [0.05, 0.1) is 35.1 Å². The van der Waals surface area contributed by atoms with E-state index in [1.54, 1.807) is 44.3 Å². The van der Waals surface area contributed by atoms with Crippen molar-refractivity contribution in [3.8, 4) is 28.5 Å². The molecule has 37 heavy (non-hydrogen) atoms. The summed E-state index contributed by atoms with van der Waals surface area (Å²) in [7, 11) is 6.78. The highest BCUT2D eigenvalue weighted by atomic mass is 16.2. The number of H-pyrrole nitrogens is 1. The number of rotatable bonds is 4. The third-order valence-corrected chi connectivity index (χ3v) is 7.35. The van der Waals surface area contributed by atoms with Gasteiger partial charge in [-0.25, -0.2) is 4.98 Å². The van der Waals surface area contributed by atoms with Gasteiger partial charge >= 0.3 is 0 Å². The number of nitrogens with one attached hydrogen (secondary N) is 1. The second kappa shape index (κ2) is 7.90. The van der Waals surface area contributed by atoms with E-state index in [4.69, 9.17) is 0 Å². The maximum absolute atomic E-state index is 13.1. The van der Waals surface area contributed by atoms with E-state index in [1.165, 1.54) is 9.47 Å². The van der Waals surface area contributed by atoms with Gasteiger partial charge in [-0.05, 0) is 30.0 Å². The van der Waals surface area contributed by atoms with Gasteiger partial charge in [-0.3, -0.25) is 14.3 Å². The fourth-order valence-electron chi connectivity index (χ4n) is 5.07. The van der Waals surface area contributed by atoms with E-state index >= 15 is 0 Å². The summed E-state index contributed by atoms with van der Waals surface area (Å²) in [6, 6.07) is 12.2. The Bertz CT molecular complexity index is 1830. The molecule has 1 aromatic carbocycles. The van der Waals surface area contributed by atoms with Crippen LogP contribution in [0.2, 0.25) is 0 Å². The van der Waals surface area contributed by atoms with Crippen LogP contribution in [0.1, 0.15) is 28.8 Å². The van der Waals surface area contributed by atoms with Gasteiger partial charge in [0, 0.05) is 56.3 Å². The Morgan fingerprint density at radius 1 is 1.14 bits per heavy atom. The quantitative estimate of drug-likeness (QED) is 0.412. The van der Waals surface area contributed by atoms with E-state index in [9.17, 15) is 14.9 Å². The van der Waals surface area contributed by atoms with E-state index in [1.807, 2.05) is 37.5 Å². The predicted molar refractivity (Wildman–Crippen MR) is 141 cm³/mol. The fourth-order valence-corrected chi connectivity index (χ4v) is 5.07. The number of carbonyl (C=O) groups excluding carboxylic acids is 1. The molecule has 0 aliphatic heterocycles. The first kappa shape index (κ1) is 22.7. The Kier molecular flexibility index (Phi) is 4.85. The molecule has 0 unspecified atom stereocenters. The van der Waals surface area contributed by atoms with Crippen LogP contribution in [0.5, 0.6) is 0 Å². The summed E-state index contributed by atoms with van der Waals surface area (Å²) in [4.78, 5) is 35.5. The lowest BCUT2D eigenvalue weighted by molar-refractivity contribution is 0.0825. The summed E-state index contributed by atoms with van der Waals surface area (Å²) >= 11 is 0. The van der Waals surface area contributed by atoms with Crippen LogP contribution >= 0.6 is 0 Å². The summed E-state index contributed by atoms with van der Waals surface area (Å²) in [6.07, 6.45) is 7.13. The van der Waals surface area contributed by atoms with E-state index in [0.717, 1.165) is 51.6 Å². The number of aromatic amines is 1. The van der Waals surface area contributed by atoms with Crippen molar-refractivity contribution in [1.82, 2.24) is 29.2 Å². The topological polar surface area (TPSA) is 113 Å². The highest BCUT2D eigenvalue weighted by molar-refractivity contribution is 6.16. The van der Waals surface area contributed by atoms with Gasteiger partial charge < -0.3 is 14.5 Å². The van der Waals surface area contributed by atoms with Crippen LogP contribution in [0.25, 0.3) is 44.3 Å². The summed E-state index contributed by atoms with van der Waals surface area (Å²) in [5.41, 5.74) is 5.21. The predicted octanol–water partition coefficient (Wildman–Crippen LogP) is 3.74. The van der Waals surface area contributed by atoms with Crippen molar-refractivity contribution in [2.75, 3.05) is 14.1 Å². The average molecular weight is 492 g/mol. The largest absolute Gasteiger partial charge is 0.345 e. The van der Waals surface area contributed by atoms with Crippen LogP contribution in [0.4, 0.5) is 0 Å². The highest BCUT2D eigenvalue weighted by Gasteiger charge is 2.44. The lowest BCUT2D eigenvalue weighted by Gasteiger charge is -2.14. The number of nitriles is 1. The number of amides is 1. The summed E-state index contributed by atoms with van der Waals surface area (Å²) in [6.45, 7) is 0. The summed E-state index contributed by atoms with van der Waals surface area (Å²) in [5.74, 6) is -0.354. The number of benzene rings is 1. The number of pyridine rings is 2. The maximum atomic E-state index is 13.1. The number of aromatic nitrogens is 5. The van der Waals surface area contributed by atoms with Crippen LogP contribution in [0, 0.1) is 11.3 Å². The number of aryl methyl sites for hydroxylation is 2. The standard InChI is InChI=1S/C28H25N7O2/c1-33(2)26(36)20-11-19-21(35(4)27(20)37)13-30-25-23(19)22(24(32-25)17-12-31-34(3)14-17)16-5-7-18(8-6-16)28(15-29)9-10-28/h5-8,11-14H,9-10H2,1-4H3,(H,30,32). The van der Waals surface area contributed by atoms with Gasteiger partial charge in [0.15, 0.2) is 0 Å². The van der Waals surface area contributed by atoms with E-state index in [2.05, 4.69) is 21.1 Å². The lowest BCUT2D eigenvalue weighted by atomic mass is 9.93. The molecule has 1 N–H and O–H groups in total. The van der Waals surface area contributed by atoms with Crippen molar-refractivity contribution < 1.29 is 4.79 Å². The molecular weight excluding hydrogens is 466 g/mol. The maximum Gasteiger partial charge on any atom is 0.263 e. The molecule has 0 atom stereocenters. The molecule has 1 amide bonds. The van der Waals surface area contributed by atoms with Gasteiger partial charge in [0.25, 0.3) is 11.5 Å². The minimum Gasteiger partial charge on any atom is -0.345 e. The fraction of sp³-hybridized carbons (Fsp3) is 0.250. The van der Waals surface area contributed by atoms with Crippen molar-refractivity contribution in [3.05, 3.63) is 70.4 Å². The monoisotopic (exact) mass is 491 g/mol. The first-order valence-corrected chi connectivity index (χ1v) is 12.0. The van der Waals surface area contributed by atoms with Crippen molar-refractivity contribution in [3.63, 3.8) is 0 Å². The minimum absolute atomic E-state index is 0.0996. The van der Waals surface area contributed by atoms with Crippen molar-refractivity contribution in [2.24, 2.45) is 14.1 Å². The zero-order valence-corrected chi connectivity index (χ0v) is 21.0. The molecule has 1 saturated carbocycles. The molecule has 6 rings (SSSR count). The molecule has 1 aliphatic rings. The lowest BCUT2D eigenvalue weighted by Crippen LogP contribution is -2.31. The average Bonchev–Trinajstić information content (AvgIpc) is 3.42. The van der Waals surface area contributed by atoms with Crippen LogP contribution in [0.3, 0.4) is 0 Å². The number of carbonyl (C=O) groups is 1. The molecule has 9 nitrogen and oxygen atoms in total. The normalized spacial score (nSPS) is 14.1.